The lowest BCUT2D eigenvalue weighted by molar-refractivity contribution is -0.150. The largest absolute Gasteiger partial charge is 0.480 e. The molecule has 19 heavy (non-hydrogen) atoms. The van der Waals surface area contributed by atoms with Gasteiger partial charge in [0.15, 0.2) is 0 Å². The quantitative estimate of drug-likeness (QED) is 0.790. The average molecular weight is 267 g/mol. The summed E-state index contributed by atoms with van der Waals surface area (Å²) in [5, 5.41) is 9.54. The van der Waals surface area contributed by atoms with Crippen LogP contribution >= 0.6 is 0 Å². The predicted octanol–water partition coefficient (Wildman–Crippen LogP) is 3.67. The molecule has 2 rings (SSSR count). The Balaban J connectivity index is 2.00. The first-order valence-corrected chi connectivity index (χ1v) is 8.08. The summed E-state index contributed by atoms with van der Waals surface area (Å²) in [6.07, 6.45) is 10.8. The zero-order chi connectivity index (χ0) is 13.9. The average Bonchev–Trinajstić information content (AvgIpc) is 2.63. The smallest absolute Gasteiger partial charge is 0.323 e. The molecular formula is C16H29NO2. The van der Waals surface area contributed by atoms with Crippen LogP contribution < -0.4 is 0 Å². The van der Waals surface area contributed by atoms with E-state index < -0.39 is 11.5 Å². The van der Waals surface area contributed by atoms with Crippen LogP contribution in [0.15, 0.2) is 0 Å². The van der Waals surface area contributed by atoms with Crippen LogP contribution in [-0.2, 0) is 4.79 Å². The van der Waals surface area contributed by atoms with Crippen LogP contribution in [0.5, 0.6) is 0 Å². The van der Waals surface area contributed by atoms with E-state index in [1.807, 2.05) is 6.92 Å². The first kappa shape index (κ1) is 14.8. The van der Waals surface area contributed by atoms with Crippen LogP contribution in [0.2, 0.25) is 0 Å². The molecule has 3 unspecified atom stereocenters. The van der Waals surface area contributed by atoms with Gasteiger partial charge in [-0.2, -0.15) is 0 Å². The van der Waals surface area contributed by atoms with Crippen molar-refractivity contribution < 1.29 is 9.90 Å². The summed E-state index contributed by atoms with van der Waals surface area (Å²) in [5.74, 6) is 0.257. The van der Waals surface area contributed by atoms with Gasteiger partial charge in [0, 0.05) is 6.04 Å². The maximum absolute atomic E-state index is 11.6. The molecule has 0 aromatic carbocycles. The summed E-state index contributed by atoms with van der Waals surface area (Å²) in [7, 11) is 0. The molecule has 0 aromatic rings. The van der Waals surface area contributed by atoms with Gasteiger partial charge in [0.1, 0.15) is 5.54 Å². The third-order valence-electron chi connectivity index (χ3n) is 5.35. The fourth-order valence-corrected chi connectivity index (χ4v) is 4.17. The minimum absolute atomic E-state index is 0.505. The highest BCUT2D eigenvalue weighted by Gasteiger charge is 2.46. The Kier molecular flexibility index (Phi) is 4.88. The fraction of sp³-hybridized carbons (Fsp3) is 0.938. The van der Waals surface area contributed by atoms with E-state index in [9.17, 15) is 9.90 Å². The molecule has 3 heteroatoms. The van der Waals surface area contributed by atoms with Crippen molar-refractivity contribution in [1.82, 2.24) is 4.90 Å². The molecular weight excluding hydrogens is 238 g/mol. The maximum atomic E-state index is 11.6. The molecule has 2 aliphatic rings. The first-order chi connectivity index (χ1) is 9.08. The van der Waals surface area contributed by atoms with Crippen molar-refractivity contribution in [1.29, 1.82) is 0 Å². The van der Waals surface area contributed by atoms with Crippen LogP contribution in [0.1, 0.15) is 71.6 Å². The van der Waals surface area contributed by atoms with Gasteiger partial charge in [-0.15, -0.1) is 0 Å². The van der Waals surface area contributed by atoms with E-state index in [2.05, 4.69) is 11.8 Å². The Labute approximate surface area is 117 Å². The molecule has 3 atom stereocenters. The number of hydrogen-bond acceptors (Lipinski definition) is 2. The highest BCUT2D eigenvalue weighted by molar-refractivity contribution is 5.78. The summed E-state index contributed by atoms with van der Waals surface area (Å²) >= 11 is 0. The third kappa shape index (κ3) is 3.13. The number of aliphatic carboxylic acids is 1. The van der Waals surface area contributed by atoms with Gasteiger partial charge in [-0.3, -0.25) is 9.69 Å². The second kappa shape index (κ2) is 6.25. The molecule has 1 N–H and O–H groups in total. The van der Waals surface area contributed by atoms with E-state index in [4.69, 9.17) is 0 Å². The molecule has 0 aromatic heterocycles. The van der Waals surface area contributed by atoms with Crippen LogP contribution in [0.25, 0.3) is 0 Å². The van der Waals surface area contributed by atoms with Gasteiger partial charge in [0.25, 0.3) is 0 Å². The zero-order valence-electron chi connectivity index (χ0n) is 12.5. The van der Waals surface area contributed by atoms with Crippen molar-refractivity contribution >= 4 is 5.97 Å². The number of rotatable bonds is 4. The number of carboxylic acid groups (broad SMARTS) is 1. The monoisotopic (exact) mass is 267 g/mol. The lowest BCUT2D eigenvalue weighted by atomic mass is 9.94. The van der Waals surface area contributed by atoms with Gasteiger partial charge < -0.3 is 5.11 Å². The Morgan fingerprint density at radius 1 is 1.26 bits per heavy atom. The standard InChI is InChI=1S/C16H29NO2/c1-3-6-13-7-4-8-14(10-9-13)17-12-5-11-16(17,2)15(18)19/h13-14H,3-12H2,1-2H3,(H,18,19). The molecule has 0 spiro atoms. The number of likely N-dealkylation sites (tertiary alicyclic amines) is 1. The Hall–Kier alpha value is -0.570. The highest BCUT2D eigenvalue weighted by Crippen LogP contribution is 2.37. The van der Waals surface area contributed by atoms with Crippen LogP contribution in [-0.4, -0.2) is 34.1 Å². The van der Waals surface area contributed by atoms with E-state index in [1.54, 1.807) is 0 Å². The number of hydrogen-bond donors (Lipinski definition) is 1. The van der Waals surface area contributed by atoms with Crippen LogP contribution in [0.3, 0.4) is 0 Å². The minimum atomic E-state index is -0.626. The van der Waals surface area contributed by atoms with Crippen LogP contribution in [0.4, 0.5) is 0 Å². The van der Waals surface area contributed by atoms with Crippen LogP contribution in [0, 0.1) is 5.92 Å². The van der Waals surface area contributed by atoms with Gasteiger partial charge >= 0.3 is 5.97 Å². The molecule has 2 fully saturated rings. The first-order valence-electron chi connectivity index (χ1n) is 8.08. The normalized spacial score (nSPS) is 37.2. The Morgan fingerprint density at radius 3 is 2.74 bits per heavy atom. The SMILES string of the molecule is CCCC1CCCC(N2CCCC2(C)C(=O)O)CC1. The predicted molar refractivity (Wildman–Crippen MR) is 77.3 cm³/mol. The fourth-order valence-electron chi connectivity index (χ4n) is 4.17. The molecule has 1 aliphatic carbocycles. The van der Waals surface area contributed by atoms with Gasteiger partial charge in [-0.05, 0) is 51.5 Å². The molecule has 3 nitrogen and oxygen atoms in total. The number of nitrogens with zero attached hydrogens (tertiary/aromatic N) is 1. The number of carbonyl (C=O) groups is 1. The second-order valence-corrected chi connectivity index (χ2v) is 6.69. The topological polar surface area (TPSA) is 40.5 Å². The molecule has 1 saturated heterocycles. The lowest BCUT2D eigenvalue weighted by Crippen LogP contribution is -2.52. The second-order valence-electron chi connectivity index (χ2n) is 6.69. The Bertz CT molecular complexity index is 318. The maximum Gasteiger partial charge on any atom is 0.323 e. The van der Waals surface area contributed by atoms with Gasteiger partial charge in [-0.1, -0.05) is 32.6 Å². The van der Waals surface area contributed by atoms with Gasteiger partial charge in [-0.25, -0.2) is 0 Å². The van der Waals surface area contributed by atoms with Gasteiger partial charge in [0.2, 0.25) is 0 Å². The van der Waals surface area contributed by atoms with E-state index >= 15 is 0 Å². The third-order valence-corrected chi connectivity index (χ3v) is 5.35. The van der Waals surface area contributed by atoms with Crippen molar-refractivity contribution in [2.75, 3.05) is 6.54 Å². The van der Waals surface area contributed by atoms with Crippen molar-refractivity contribution in [2.45, 2.75) is 83.2 Å². The summed E-state index contributed by atoms with van der Waals surface area (Å²) in [5.41, 5.74) is -0.602. The molecule has 0 radical (unpaired) electrons. The van der Waals surface area contributed by atoms with Crippen molar-refractivity contribution in [3.63, 3.8) is 0 Å². The molecule has 0 amide bonds. The van der Waals surface area contributed by atoms with Crippen molar-refractivity contribution in [2.24, 2.45) is 5.92 Å². The Morgan fingerprint density at radius 2 is 2.05 bits per heavy atom. The van der Waals surface area contributed by atoms with E-state index in [0.29, 0.717) is 6.04 Å². The van der Waals surface area contributed by atoms with Gasteiger partial charge in [0.05, 0.1) is 0 Å². The summed E-state index contributed by atoms with van der Waals surface area (Å²) in [6, 6.07) is 0.505. The molecule has 110 valence electrons. The zero-order valence-corrected chi connectivity index (χ0v) is 12.5. The minimum Gasteiger partial charge on any atom is -0.480 e. The van der Waals surface area contributed by atoms with Crippen molar-refractivity contribution in [3.05, 3.63) is 0 Å². The summed E-state index contributed by atoms with van der Waals surface area (Å²) in [4.78, 5) is 13.9. The molecule has 0 bridgehead atoms. The molecule has 1 aliphatic heterocycles. The summed E-state index contributed by atoms with van der Waals surface area (Å²) in [6.45, 7) is 5.17. The summed E-state index contributed by atoms with van der Waals surface area (Å²) < 4.78 is 0. The molecule has 1 saturated carbocycles. The lowest BCUT2D eigenvalue weighted by Gasteiger charge is -2.37. The van der Waals surface area contributed by atoms with E-state index in [-0.39, 0.29) is 0 Å². The highest BCUT2D eigenvalue weighted by atomic mass is 16.4. The van der Waals surface area contributed by atoms with E-state index in [1.165, 1.54) is 44.9 Å². The molecule has 1 heterocycles. The van der Waals surface area contributed by atoms with E-state index in [0.717, 1.165) is 25.3 Å². The number of carboxylic acids is 1. The van der Waals surface area contributed by atoms with Crippen molar-refractivity contribution in [3.8, 4) is 0 Å².